The first-order valence-corrected chi connectivity index (χ1v) is 6.55. The molecule has 0 saturated carbocycles. The van der Waals surface area contributed by atoms with Crippen LogP contribution >= 0.6 is 0 Å². The number of hydrogen-bond donors (Lipinski definition) is 2. The Morgan fingerprint density at radius 3 is 2.00 bits per heavy atom. The number of carboxylic acid groups (broad SMARTS) is 1. The zero-order valence-electron chi connectivity index (χ0n) is 12.4. The van der Waals surface area contributed by atoms with Crippen LogP contribution in [0, 0.1) is 23.2 Å². The molecule has 0 aromatic rings. The summed E-state index contributed by atoms with van der Waals surface area (Å²) in [5.41, 5.74) is -0.0581. The highest BCUT2D eigenvalue weighted by atomic mass is 16.4. The lowest BCUT2D eigenvalue weighted by Crippen LogP contribution is -2.38. The third-order valence-corrected chi connectivity index (χ3v) is 3.14. The molecule has 4 heteroatoms. The van der Waals surface area contributed by atoms with E-state index in [0.29, 0.717) is 6.42 Å². The van der Waals surface area contributed by atoms with Gasteiger partial charge in [-0.3, -0.25) is 9.59 Å². The largest absolute Gasteiger partial charge is 0.481 e. The van der Waals surface area contributed by atoms with Crippen molar-refractivity contribution in [1.82, 2.24) is 5.32 Å². The standard InChI is InChI=1S/C14H27NO3/c1-9(2)10(3)12(16)15-8-11(13(17)18)7-14(4,5)6/h9-11H,7-8H2,1-6H3,(H,15,16)(H,17,18). The molecule has 0 heterocycles. The molecule has 0 aliphatic rings. The van der Waals surface area contributed by atoms with E-state index in [4.69, 9.17) is 5.11 Å². The van der Waals surface area contributed by atoms with E-state index in [-0.39, 0.29) is 29.7 Å². The highest BCUT2D eigenvalue weighted by Gasteiger charge is 2.26. The number of carbonyl (C=O) groups is 2. The minimum atomic E-state index is -0.845. The number of amides is 1. The van der Waals surface area contributed by atoms with Crippen LogP contribution in [0.4, 0.5) is 0 Å². The van der Waals surface area contributed by atoms with Crippen LogP contribution in [0.1, 0.15) is 48.0 Å². The molecule has 0 radical (unpaired) electrons. The predicted molar refractivity (Wildman–Crippen MR) is 72.2 cm³/mol. The minimum absolute atomic E-state index is 0.0581. The molecule has 0 aromatic carbocycles. The molecule has 0 aliphatic heterocycles. The van der Waals surface area contributed by atoms with Gasteiger partial charge in [0.2, 0.25) is 5.91 Å². The molecule has 0 spiro atoms. The van der Waals surface area contributed by atoms with Gasteiger partial charge in [0.15, 0.2) is 0 Å². The van der Waals surface area contributed by atoms with E-state index in [0.717, 1.165) is 0 Å². The first-order valence-electron chi connectivity index (χ1n) is 6.55. The Morgan fingerprint density at radius 1 is 1.17 bits per heavy atom. The zero-order chi connectivity index (χ0) is 14.5. The first kappa shape index (κ1) is 16.9. The van der Waals surface area contributed by atoms with Crippen molar-refractivity contribution in [2.45, 2.75) is 48.0 Å². The van der Waals surface area contributed by atoms with Gasteiger partial charge in [-0.2, -0.15) is 0 Å². The van der Waals surface area contributed by atoms with Crippen LogP contribution in [-0.4, -0.2) is 23.5 Å². The van der Waals surface area contributed by atoms with Crippen molar-refractivity contribution in [2.75, 3.05) is 6.54 Å². The fraction of sp³-hybridized carbons (Fsp3) is 0.857. The van der Waals surface area contributed by atoms with Crippen LogP contribution < -0.4 is 5.32 Å². The van der Waals surface area contributed by atoms with Gasteiger partial charge < -0.3 is 10.4 Å². The fourth-order valence-electron chi connectivity index (χ4n) is 1.67. The molecule has 18 heavy (non-hydrogen) atoms. The Hall–Kier alpha value is -1.06. The van der Waals surface area contributed by atoms with Gasteiger partial charge in [-0.05, 0) is 17.8 Å². The zero-order valence-corrected chi connectivity index (χ0v) is 12.4. The van der Waals surface area contributed by atoms with E-state index in [1.54, 1.807) is 0 Å². The van der Waals surface area contributed by atoms with Crippen LogP contribution in [0.15, 0.2) is 0 Å². The molecule has 2 unspecified atom stereocenters. The van der Waals surface area contributed by atoms with Gasteiger partial charge >= 0.3 is 5.97 Å². The number of nitrogens with one attached hydrogen (secondary N) is 1. The SMILES string of the molecule is CC(C)C(C)C(=O)NCC(CC(C)(C)C)C(=O)O. The molecule has 0 bridgehead atoms. The Kier molecular flexibility index (Phi) is 6.36. The summed E-state index contributed by atoms with van der Waals surface area (Å²) in [5, 5.41) is 11.9. The van der Waals surface area contributed by atoms with Gasteiger partial charge in [0, 0.05) is 12.5 Å². The third-order valence-electron chi connectivity index (χ3n) is 3.14. The van der Waals surface area contributed by atoms with Gasteiger partial charge in [-0.25, -0.2) is 0 Å². The van der Waals surface area contributed by atoms with Gasteiger partial charge in [0.1, 0.15) is 0 Å². The smallest absolute Gasteiger partial charge is 0.308 e. The minimum Gasteiger partial charge on any atom is -0.481 e. The molecule has 1 amide bonds. The topological polar surface area (TPSA) is 66.4 Å². The molecule has 0 saturated heterocycles. The van der Waals surface area contributed by atoms with E-state index >= 15 is 0 Å². The number of carboxylic acids is 1. The molecular weight excluding hydrogens is 230 g/mol. The Balaban J connectivity index is 4.37. The molecule has 106 valence electrons. The van der Waals surface area contributed by atoms with Crippen LogP contribution in [0.2, 0.25) is 0 Å². The highest BCUT2D eigenvalue weighted by Crippen LogP contribution is 2.24. The number of carbonyl (C=O) groups excluding carboxylic acids is 1. The maximum Gasteiger partial charge on any atom is 0.308 e. The average Bonchev–Trinajstić information content (AvgIpc) is 2.20. The number of hydrogen-bond acceptors (Lipinski definition) is 2. The maximum absolute atomic E-state index is 11.8. The summed E-state index contributed by atoms with van der Waals surface area (Å²) in [7, 11) is 0. The molecule has 0 fully saturated rings. The van der Waals surface area contributed by atoms with E-state index in [2.05, 4.69) is 5.32 Å². The van der Waals surface area contributed by atoms with Crippen molar-refractivity contribution < 1.29 is 14.7 Å². The average molecular weight is 257 g/mol. The van der Waals surface area contributed by atoms with Crippen molar-refractivity contribution >= 4 is 11.9 Å². The van der Waals surface area contributed by atoms with Crippen molar-refractivity contribution in [1.29, 1.82) is 0 Å². The lowest BCUT2D eigenvalue weighted by molar-refractivity contribution is -0.142. The van der Waals surface area contributed by atoms with E-state index < -0.39 is 11.9 Å². The summed E-state index contributed by atoms with van der Waals surface area (Å²) < 4.78 is 0. The molecule has 0 rings (SSSR count). The second-order valence-corrected chi connectivity index (χ2v) is 6.58. The van der Waals surface area contributed by atoms with Gasteiger partial charge in [-0.1, -0.05) is 41.5 Å². The first-order chi connectivity index (χ1) is 8.04. The van der Waals surface area contributed by atoms with Gasteiger partial charge in [0.05, 0.1) is 5.92 Å². The Labute approximate surface area is 110 Å². The van der Waals surface area contributed by atoms with Crippen LogP contribution in [0.25, 0.3) is 0 Å². The summed E-state index contributed by atoms with van der Waals surface area (Å²) in [6, 6.07) is 0. The molecule has 0 aliphatic carbocycles. The monoisotopic (exact) mass is 257 g/mol. The lowest BCUT2D eigenvalue weighted by Gasteiger charge is -2.24. The lowest BCUT2D eigenvalue weighted by atomic mass is 9.84. The second kappa shape index (κ2) is 6.76. The van der Waals surface area contributed by atoms with Gasteiger partial charge in [-0.15, -0.1) is 0 Å². The summed E-state index contributed by atoms with van der Waals surface area (Å²) in [5.74, 6) is -1.26. The predicted octanol–water partition coefficient (Wildman–Crippen LogP) is 2.53. The Morgan fingerprint density at radius 2 is 1.67 bits per heavy atom. The summed E-state index contributed by atoms with van der Waals surface area (Å²) in [6.07, 6.45) is 0.554. The molecule has 4 nitrogen and oxygen atoms in total. The van der Waals surface area contributed by atoms with E-state index in [1.165, 1.54) is 0 Å². The van der Waals surface area contributed by atoms with Crippen molar-refractivity contribution in [3.05, 3.63) is 0 Å². The number of aliphatic carboxylic acids is 1. The van der Waals surface area contributed by atoms with Crippen LogP contribution in [-0.2, 0) is 9.59 Å². The van der Waals surface area contributed by atoms with Crippen molar-refractivity contribution in [2.24, 2.45) is 23.2 Å². The van der Waals surface area contributed by atoms with Gasteiger partial charge in [0.25, 0.3) is 0 Å². The van der Waals surface area contributed by atoms with Crippen LogP contribution in [0.3, 0.4) is 0 Å². The molecular formula is C14H27NO3. The fourth-order valence-corrected chi connectivity index (χ4v) is 1.67. The third kappa shape index (κ3) is 6.62. The molecule has 0 aromatic heterocycles. The molecule has 2 atom stereocenters. The summed E-state index contributed by atoms with van der Waals surface area (Å²) in [4.78, 5) is 22.9. The maximum atomic E-state index is 11.8. The highest BCUT2D eigenvalue weighted by molar-refractivity contribution is 5.79. The van der Waals surface area contributed by atoms with Crippen LogP contribution in [0.5, 0.6) is 0 Å². The van der Waals surface area contributed by atoms with Crippen molar-refractivity contribution in [3.63, 3.8) is 0 Å². The normalized spacial score (nSPS) is 15.3. The summed E-state index contributed by atoms with van der Waals surface area (Å²) >= 11 is 0. The van der Waals surface area contributed by atoms with E-state index in [1.807, 2.05) is 41.5 Å². The second-order valence-electron chi connectivity index (χ2n) is 6.58. The Bertz CT molecular complexity index is 292. The summed E-state index contributed by atoms with van der Waals surface area (Å²) in [6.45, 7) is 12.0. The quantitative estimate of drug-likeness (QED) is 0.768. The van der Waals surface area contributed by atoms with Crippen molar-refractivity contribution in [3.8, 4) is 0 Å². The number of rotatable bonds is 6. The molecule has 2 N–H and O–H groups in total. The van der Waals surface area contributed by atoms with E-state index in [9.17, 15) is 9.59 Å².